The second kappa shape index (κ2) is 50.5. The predicted octanol–water partition coefficient (Wildman–Crippen LogP) is 15.8. The molecule has 0 aliphatic heterocycles. The fourth-order valence-electron chi connectivity index (χ4n) is 6.61. The van der Waals surface area contributed by atoms with Crippen LogP contribution in [0.2, 0.25) is 0 Å². The third-order valence-electron chi connectivity index (χ3n) is 10.8. The fourth-order valence-corrected chi connectivity index (χ4v) is 6.61. The Balaban J connectivity index is -0.00000117. The van der Waals surface area contributed by atoms with Crippen LogP contribution in [-0.2, 0) is 115 Å². The molecule has 10 heterocycles. The van der Waals surface area contributed by atoms with E-state index in [0.29, 0.717) is 11.4 Å². The summed E-state index contributed by atoms with van der Waals surface area (Å²) < 4.78 is 235. The van der Waals surface area contributed by atoms with Crippen molar-refractivity contribution in [3.8, 4) is 56.3 Å². The van der Waals surface area contributed by atoms with Crippen LogP contribution in [0.4, 0.5) is 89.1 Å². The molecule has 10 aromatic heterocycles. The molecule has 3 N–H and O–H groups in total. The van der Waals surface area contributed by atoms with Crippen LogP contribution < -0.4 is 4.90 Å². The zero-order valence-corrected chi connectivity index (χ0v) is 66.7. The average Bonchev–Trinajstić information content (AvgIpc) is 0.821. The summed E-state index contributed by atoms with van der Waals surface area (Å²) in [6, 6.07) is 31.4. The molecule has 10 rings (SSSR count). The minimum Gasteiger partial charge on any atom is -0.512 e. The van der Waals surface area contributed by atoms with E-state index in [9.17, 15) is 97.8 Å². The molecule has 41 heteroatoms. The van der Waals surface area contributed by atoms with E-state index in [1.165, 1.54) is 64.6 Å². The molecule has 108 heavy (non-hydrogen) atoms. The van der Waals surface area contributed by atoms with Crippen LogP contribution >= 0.6 is 0 Å². The quantitative estimate of drug-likeness (QED) is 0.0400. The van der Waals surface area contributed by atoms with Gasteiger partial charge in [-0.15, -0.1) is 30.3 Å². The molecule has 0 aliphatic carbocycles. The summed E-state index contributed by atoms with van der Waals surface area (Å²) in [5, 5.41) is 24.7. The number of rotatable bonds is 9. The van der Waals surface area contributed by atoms with Crippen LogP contribution in [-0.4, -0.2) is 109 Å². The van der Waals surface area contributed by atoms with Crippen LogP contribution in [0, 0.1) is 107 Å². The van der Waals surface area contributed by atoms with Gasteiger partial charge in [0.15, 0.2) is 11.6 Å². The van der Waals surface area contributed by atoms with Crippen LogP contribution in [0.1, 0.15) is 27.7 Å². The van der Waals surface area contributed by atoms with Crippen LogP contribution in [0.3, 0.4) is 0 Å². The summed E-state index contributed by atoms with van der Waals surface area (Å²) in [6.07, 6.45) is -2.72. The number of aliphatic hydroxyl groups excluding tert-OH is 3. The Morgan fingerprint density at radius 3 is 0.852 bits per heavy atom. The van der Waals surface area contributed by atoms with Gasteiger partial charge in [-0.1, -0.05) is 76.3 Å². The number of nitrogens with zero attached hydrogens (tertiary/aromatic N) is 11. The third kappa shape index (κ3) is 38.6. The number of alkyl halides is 6. The normalized spacial score (nSPS) is 10.5. The number of halogens is 19. The maximum Gasteiger partial charge on any atom is 0.454 e. The molecule has 587 valence electrons. The number of carbonyl (C=O) groups excluding carboxylic acids is 3. The van der Waals surface area contributed by atoms with E-state index in [-0.39, 0.29) is 169 Å². The van der Waals surface area contributed by atoms with Crippen molar-refractivity contribution in [3.05, 3.63) is 271 Å². The zero-order valence-electron chi connectivity index (χ0n) is 54.7. The Morgan fingerprint density at radius 1 is 0.370 bits per heavy atom. The average molecular weight is 2420 g/mol. The molecule has 0 amide bonds. The van der Waals surface area contributed by atoms with Crippen LogP contribution in [0.15, 0.2) is 164 Å². The number of allylic oxidation sites excluding steroid dienone is 6. The second-order valence-corrected chi connectivity index (χ2v) is 19.2. The van der Waals surface area contributed by atoms with Gasteiger partial charge in [-0.25, -0.2) is 57.1 Å². The molecule has 17 nitrogen and oxygen atoms in total. The molecule has 0 fully saturated rings. The molecule has 0 aliphatic rings. The van der Waals surface area contributed by atoms with Crippen LogP contribution in [0.25, 0.3) is 56.3 Å². The number of aliphatic hydroxyl groups is 3. The Bertz CT molecular complexity index is 4360. The van der Waals surface area contributed by atoms with Gasteiger partial charge < -0.3 is 45.1 Å². The SMILES string of the molecule is CC(=O)C=C(C)O.CC(=O)C=C(C)O.CN(C)c1ccnc(-c2[c-]cc(F)nc2F)c1.Fc1c[c-]c(-c2ccccn2)c(F)n1.Fc1ccnc(-c2[c-]cc(F)nc2F)c1.Fc1ccnc(-c2[c-]cc(F)nc2F)c1.Fc1ccnc(-c2[c-]cc(F)nc2F)c1.O=C(C=C(O)C(F)(F)F)C(F)(F)F.[Ir].[Ir].[Ir].[Ir].[Ir]. The van der Waals surface area contributed by atoms with E-state index in [1.54, 1.807) is 36.5 Å². The van der Waals surface area contributed by atoms with Gasteiger partial charge in [0.25, 0.3) is 5.78 Å². The Morgan fingerprint density at radius 2 is 0.639 bits per heavy atom. The first-order valence-corrected chi connectivity index (χ1v) is 27.6. The summed E-state index contributed by atoms with van der Waals surface area (Å²) in [7, 11) is 3.73. The van der Waals surface area contributed by atoms with Crippen molar-refractivity contribution < 1.29 is 214 Å². The zero-order chi connectivity index (χ0) is 77.5. The van der Waals surface area contributed by atoms with Crippen molar-refractivity contribution in [1.29, 1.82) is 0 Å². The van der Waals surface area contributed by atoms with E-state index in [0.717, 1.165) is 72.4 Å². The Labute approximate surface area is 667 Å². The van der Waals surface area contributed by atoms with Gasteiger partial charge in [0.2, 0.25) is 5.76 Å². The van der Waals surface area contributed by atoms with Crippen molar-refractivity contribution in [2.45, 2.75) is 40.0 Å². The smallest absolute Gasteiger partial charge is 0.454 e. The fraction of sp³-hybridized carbons (Fsp3) is 0.119. The van der Waals surface area contributed by atoms with E-state index in [4.69, 9.17) is 15.3 Å². The predicted molar refractivity (Wildman–Crippen MR) is 327 cm³/mol. The largest absolute Gasteiger partial charge is 0.512 e. The number of carbonyl (C=O) groups is 3. The molecule has 0 saturated carbocycles. The van der Waals surface area contributed by atoms with Gasteiger partial charge in [-0.05, 0) is 105 Å². The maximum atomic E-state index is 13.4. The molecule has 0 atom stereocenters. The number of aromatic nitrogens is 10. The van der Waals surface area contributed by atoms with E-state index >= 15 is 0 Å². The molecule has 5 radical (unpaired) electrons. The van der Waals surface area contributed by atoms with Crippen molar-refractivity contribution in [3.63, 3.8) is 0 Å². The molecule has 0 aromatic carbocycles. The number of hydrogen-bond acceptors (Lipinski definition) is 17. The summed E-state index contributed by atoms with van der Waals surface area (Å²) >= 11 is 0. The number of anilines is 1. The van der Waals surface area contributed by atoms with Gasteiger partial charge in [0.05, 0.1) is 11.5 Å². The summed E-state index contributed by atoms with van der Waals surface area (Å²) in [5.74, 6) is -16.8. The molecule has 10 aromatic rings. The minimum absolute atomic E-state index is 0. The maximum absolute atomic E-state index is 13.4. The number of ketones is 3. The van der Waals surface area contributed by atoms with E-state index in [2.05, 4.69) is 80.2 Å². The Hall–Kier alpha value is -9.15. The molecule has 0 bridgehead atoms. The molecular formula is C67H45F19Ir5N11O6-5. The Kier molecular flexibility index (Phi) is 48.1. The van der Waals surface area contributed by atoms with Crippen molar-refractivity contribution in [2.24, 2.45) is 0 Å². The summed E-state index contributed by atoms with van der Waals surface area (Å²) in [4.78, 5) is 65.9. The third-order valence-corrected chi connectivity index (χ3v) is 10.8. The standard InChI is InChI=1S/C12H10F2N3.3C10H4F3N2.C10H5F2N2.C5H2F6O2.2C5H8O2.5Ir/c1-17(2)8-5-6-15-10(7-8)9-3-4-11(13)16-12(9)14;3*11-6-3-4-14-8(5-6)7-1-2-9(12)15-10(7)13;11-9-5-4-7(10(12)14-9)8-3-1-2-6-13-8;6-4(7,8)2(12)1-3(13)5(9,10)11;2*1-4(6)3-5(2)7;;;;;/h4-7H,1-2H3;3*2-5H;1-3,5-6H;1,12H;2*3,6H,1-2H3;;;;;/q5*-1;;;;;;;;. The van der Waals surface area contributed by atoms with Gasteiger partial charge in [0, 0.05) is 170 Å². The number of hydrogen-bond donors (Lipinski definition) is 3. The first-order chi connectivity index (χ1) is 48.1. The van der Waals surface area contributed by atoms with E-state index in [1.807, 2.05) is 19.0 Å². The minimum atomic E-state index is -5.42. The first-order valence-electron chi connectivity index (χ1n) is 27.6. The van der Waals surface area contributed by atoms with Gasteiger partial charge >= 0.3 is 12.4 Å². The summed E-state index contributed by atoms with van der Waals surface area (Å²) in [5.41, 5.74) is 1.38. The second-order valence-electron chi connectivity index (χ2n) is 19.2. The topological polar surface area (TPSA) is 244 Å². The van der Waals surface area contributed by atoms with Crippen molar-refractivity contribution >= 4 is 23.0 Å². The van der Waals surface area contributed by atoms with Crippen molar-refractivity contribution in [1.82, 2.24) is 49.8 Å². The van der Waals surface area contributed by atoms with Gasteiger partial charge in [0.1, 0.15) is 76.9 Å². The van der Waals surface area contributed by atoms with Crippen molar-refractivity contribution in [2.75, 3.05) is 19.0 Å². The summed E-state index contributed by atoms with van der Waals surface area (Å²) in [6.45, 7) is 5.70. The molecular weight excluding hydrogens is 2380 g/mol. The molecule has 0 unspecified atom stereocenters. The van der Waals surface area contributed by atoms with Crippen LogP contribution in [0.5, 0.6) is 0 Å². The first kappa shape index (κ1) is 103. The number of pyridine rings is 10. The molecule has 0 spiro atoms. The molecule has 0 saturated heterocycles. The van der Waals surface area contributed by atoms with Gasteiger partial charge in [-0.2, -0.15) is 26.3 Å². The van der Waals surface area contributed by atoms with Gasteiger partial charge in [-0.3, -0.25) is 39.3 Å². The van der Waals surface area contributed by atoms with E-state index < -0.39 is 107 Å². The monoisotopic (exact) mass is 2430 g/mol.